The van der Waals surface area contributed by atoms with Crippen molar-refractivity contribution in [2.75, 3.05) is 35.8 Å². The zero-order valence-corrected chi connectivity index (χ0v) is 21.1. The number of rotatable bonds is 7. The fourth-order valence-electron chi connectivity index (χ4n) is 3.71. The summed E-state index contributed by atoms with van der Waals surface area (Å²) in [6.45, 7) is 13.5. The van der Waals surface area contributed by atoms with E-state index in [9.17, 15) is 13.2 Å². The number of carbonyl (C=O) groups is 1. The molecule has 2 aromatic rings. The lowest BCUT2D eigenvalue weighted by molar-refractivity contribution is 0.0939. The smallest absolute Gasteiger partial charge is 0.261 e. The van der Waals surface area contributed by atoms with E-state index >= 15 is 0 Å². The first-order chi connectivity index (χ1) is 15.5. The van der Waals surface area contributed by atoms with Crippen molar-refractivity contribution in [3.8, 4) is 0 Å². The van der Waals surface area contributed by atoms with E-state index in [4.69, 9.17) is 0 Å². The number of nitrogens with zero attached hydrogens (tertiary/aromatic N) is 1. The molecule has 8 heteroatoms. The van der Waals surface area contributed by atoms with E-state index < -0.39 is 10.0 Å². The predicted octanol–water partition coefficient (Wildman–Crippen LogP) is 3.72. The molecule has 7 nitrogen and oxygen atoms in total. The van der Waals surface area contributed by atoms with Crippen molar-refractivity contribution >= 4 is 27.3 Å². The Bertz CT molecular complexity index is 1070. The summed E-state index contributed by atoms with van der Waals surface area (Å²) in [6.07, 6.45) is 0.811. The third kappa shape index (κ3) is 6.26. The maximum atomic E-state index is 13.1. The van der Waals surface area contributed by atoms with E-state index in [1.807, 2.05) is 32.0 Å². The maximum Gasteiger partial charge on any atom is 0.261 e. The monoisotopic (exact) mass is 472 g/mol. The molecule has 0 saturated carbocycles. The second kappa shape index (κ2) is 10.1. The summed E-state index contributed by atoms with van der Waals surface area (Å²) >= 11 is 0. The van der Waals surface area contributed by atoms with Gasteiger partial charge >= 0.3 is 0 Å². The molecule has 0 aliphatic carbocycles. The third-order valence-electron chi connectivity index (χ3n) is 5.97. The molecular formula is C25H36N4O3S. The van der Waals surface area contributed by atoms with Gasteiger partial charge in [-0.05, 0) is 54.7 Å². The Morgan fingerprint density at radius 2 is 1.73 bits per heavy atom. The van der Waals surface area contributed by atoms with Gasteiger partial charge in [0.05, 0.1) is 10.5 Å². The summed E-state index contributed by atoms with van der Waals surface area (Å²) < 4.78 is 28.7. The van der Waals surface area contributed by atoms with Gasteiger partial charge in [-0.15, -0.1) is 0 Å². The molecule has 1 amide bonds. The average molecular weight is 473 g/mol. The van der Waals surface area contributed by atoms with Gasteiger partial charge in [0.15, 0.2) is 0 Å². The molecule has 180 valence electrons. The number of amides is 1. The van der Waals surface area contributed by atoms with E-state index in [0.29, 0.717) is 11.3 Å². The summed E-state index contributed by atoms with van der Waals surface area (Å²) in [5.41, 5.74) is 2.65. The number of hydrogen-bond donors (Lipinski definition) is 3. The third-order valence-corrected chi connectivity index (χ3v) is 7.37. The number of nitrogens with one attached hydrogen (secondary N) is 3. The van der Waals surface area contributed by atoms with Crippen molar-refractivity contribution in [3.05, 3.63) is 53.6 Å². The fraction of sp³-hybridized carbons (Fsp3) is 0.480. The first-order valence-corrected chi connectivity index (χ1v) is 13.0. The molecule has 1 saturated heterocycles. The van der Waals surface area contributed by atoms with Crippen LogP contribution in [0, 0.1) is 0 Å². The maximum absolute atomic E-state index is 13.1. The highest BCUT2D eigenvalue weighted by Gasteiger charge is 2.22. The lowest BCUT2D eigenvalue weighted by Crippen LogP contribution is -2.44. The van der Waals surface area contributed by atoms with Gasteiger partial charge in [0.2, 0.25) is 0 Å². The van der Waals surface area contributed by atoms with Gasteiger partial charge in [0.25, 0.3) is 15.9 Å². The SMILES string of the molecule is CCC(C)NC(=O)c1cc(NS(=O)(=O)c2ccc(C(C)(C)C)cc2)ccc1N1CCNCC1. The molecule has 0 bridgehead atoms. The zero-order valence-electron chi connectivity index (χ0n) is 20.2. The molecule has 0 spiro atoms. The Balaban J connectivity index is 1.90. The van der Waals surface area contributed by atoms with E-state index in [0.717, 1.165) is 43.9 Å². The van der Waals surface area contributed by atoms with Crippen molar-refractivity contribution in [2.45, 2.75) is 57.4 Å². The van der Waals surface area contributed by atoms with Crippen molar-refractivity contribution in [1.82, 2.24) is 10.6 Å². The number of anilines is 2. The Labute approximate surface area is 198 Å². The van der Waals surface area contributed by atoms with Crippen molar-refractivity contribution in [2.24, 2.45) is 0 Å². The van der Waals surface area contributed by atoms with Crippen molar-refractivity contribution in [3.63, 3.8) is 0 Å². The number of sulfonamides is 1. The Hall–Kier alpha value is -2.58. The molecule has 2 aromatic carbocycles. The van der Waals surface area contributed by atoms with Crippen LogP contribution in [0.5, 0.6) is 0 Å². The van der Waals surface area contributed by atoms with Gasteiger partial charge in [0, 0.05) is 43.6 Å². The molecule has 1 fully saturated rings. The lowest BCUT2D eigenvalue weighted by Gasteiger charge is -2.31. The van der Waals surface area contributed by atoms with E-state index in [2.05, 4.69) is 41.0 Å². The van der Waals surface area contributed by atoms with Crippen LogP contribution in [0.2, 0.25) is 0 Å². The molecule has 1 aliphatic rings. The number of carbonyl (C=O) groups excluding carboxylic acids is 1. The Morgan fingerprint density at radius 1 is 1.09 bits per heavy atom. The highest BCUT2D eigenvalue weighted by atomic mass is 32.2. The van der Waals surface area contributed by atoms with Crippen LogP contribution in [0.15, 0.2) is 47.4 Å². The quantitative estimate of drug-likeness (QED) is 0.571. The highest BCUT2D eigenvalue weighted by molar-refractivity contribution is 7.92. The van der Waals surface area contributed by atoms with Crippen LogP contribution in [0.4, 0.5) is 11.4 Å². The standard InChI is InChI=1S/C25H36N4O3S/c1-6-18(2)27-24(30)22-17-20(9-12-23(22)29-15-13-26-14-16-29)28-33(31,32)21-10-7-19(8-11-21)25(3,4)5/h7-12,17-18,26,28H,6,13-16H2,1-5H3,(H,27,30). The molecule has 0 aromatic heterocycles. The van der Waals surface area contributed by atoms with Crippen LogP contribution in [0.25, 0.3) is 0 Å². The summed E-state index contributed by atoms with van der Waals surface area (Å²) in [4.78, 5) is 15.4. The molecule has 3 rings (SSSR count). The van der Waals surface area contributed by atoms with Gasteiger partial charge in [-0.3, -0.25) is 9.52 Å². The van der Waals surface area contributed by atoms with Crippen LogP contribution in [-0.4, -0.2) is 46.5 Å². The summed E-state index contributed by atoms with van der Waals surface area (Å²) in [5, 5.41) is 6.32. The van der Waals surface area contributed by atoms with Crippen LogP contribution >= 0.6 is 0 Å². The lowest BCUT2D eigenvalue weighted by atomic mass is 9.87. The minimum atomic E-state index is -3.79. The summed E-state index contributed by atoms with van der Waals surface area (Å²) in [7, 11) is -3.79. The topological polar surface area (TPSA) is 90.5 Å². The fourth-order valence-corrected chi connectivity index (χ4v) is 4.76. The molecule has 3 N–H and O–H groups in total. The van der Waals surface area contributed by atoms with Crippen LogP contribution in [0.1, 0.15) is 57.0 Å². The second-order valence-electron chi connectivity index (χ2n) is 9.63. The van der Waals surface area contributed by atoms with E-state index in [-0.39, 0.29) is 22.3 Å². The van der Waals surface area contributed by atoms with Gasteiger partial charge in [-0.1, -0.05) is 39.8 Å². The number of benzene rings is 2. The minimum Gasteiger partial charge on any atom is -0.368 e. The minimum absolute atomic E-state index is 0.0232. The van der Waals surface area contributed by atoms with Gasteiger partial charge < -0.3 is 15.5 Å². The normalized spacial score (nSPS) is 15.7. The van der Waals surface area contributed by atoms with Crippen LogP contribution in [0.3, 0.4) is 0 Å². The zero-order chi connectivity index (χ0) is 24.2. The van der Waals surface area contributed by atoms with Crippen molar-refractivity contribution in [1.29, 1.82) is 0 Å². The van der Waals surface area contributed by atoms with Crippen molar-refractivity contribution < 1.29 is 13.2 Å². The molecule has 1 heterocycles. The first-order valence-electron chi connectivity index (χ1n) is 11.5. The molecule has 1 unspecified atom stereocenters. The second-order valence-corrected chi connectivity index (χ2v) is 11.3. The highest BCUT2D eigenvalue weighted by Crippen LogP contribution is 2.28. The predicted molar refractivity (Wildman–Crippen MR) is 135 cm³/mol. The summed E-state index contributed by atoms with van der Waals surface area (Å²) in [6, 6.07) is 12.1. The van der Waals surface area contributed by atoms with Gasteiger partial charge in [0.1, 0.15) is 0 Å². The number of hydrogen-bond acceptors (Lipinski definition) is 5. The molecule has 1 aliphatic heterocycles. The van der Waals surface area contributed by atoms with Gasteiger partial charge in [-0.2, -0.15) is 0 Å². The molecule has 33 heavy (non-hydrogen) atoms. The average Bonchev–Trinajstić information content (AvgIpc) is 2.78. The Morgan fingerprint density at radius 3 is 2.30 bits per heavy atom. The number of piperazine rings is 1. The first kappa shape index (κ1) is 25.1. The Kier molecular flexibility index (Phi) is 7.69. The van der Waals surface area contributed by atoms with E-state index in [1.165, 1.54) is 0 Å². The van der Waals surface area contributed by atoms with E-state index in [1.54, 1.807) is 24.3 Å². The largest absolute Gasteiger partial charge is 0.368 e. The molecule has 0 radical (unpaired) electrons. The summed E-state index contributed by atoms with van der Waals surface area (Å²) in [5.74, 6) is -0.200. The van der Waals surface area contributed by atoms with Crippen LogP contribution in [-0.2, 0) is 15.4 Å². The molecule has 1 atom stereocenters. The van der Waals surface area contributed by atoms with Gasteiger partial charge in [-0.25, -0.2) is 8.42 Å². The van der Waals surface area contributed by atoms with Crippen LogP contribution < -0.4 is 20.3 Å². The molecular weight excluding hydrogens is 436 g/mol.